The molecule has 0 unspecified atom stereocenters. The fourth-order valence-electron chi connectivity index (χ4n) is 4.40. The standard InChI is InChI=1S/C27H37N7O4/c1-26(2,3)37-24(35)33-12-10-19(11-13-33)34(25(36)38-27(4,5)6)23-29-16-18-14-17(8-9-20(18)30-23)21-15-22(28)31-32(21)7/h8-9,14-16,19H,10-13H2,1-7H3,(H2,28,31). The third-order valence-electron chi connectivity index (χ3n) is 6.05. The van der Waals surface area contributed by atoms with Crippen molar-refractivity contribution in [2.24, 2.45) is 7.05 Å². The Hall–Kier alpha value is -3.89. The van der Waals surface area contributed by atoms with Gasteiger partial charge in [0, 0.05) is 49.4 Å². The number of nitrogens with zero attached hydrogens (tertiary/aromatic N) is 6. The van der Waals surface area contributed by atoms with Gasteiger partial charge in [-0.05, 0) is 66.5 Å². The molecule has 11 heteroatoms. The topological polar surface area (TPSA) is 129 Å². The van der Waals surface area contributed by atoms with Crippen molar-refractivity contribution < 1.29 is 19.1 Å². The van der Waals surface area contributed by atoms with Gasteiger partial charge < -0.3 is 20.1 Å². The smallest absolute Gasteiger partial charge is 0.417 e. The van der Waals surface area contributed by atoms with Crippen molar-refractivity contribution in [2.45, 2.75) is 71.6 Å². The van der Waals surface area contributed by atoms with E-state index < -0.39 is 17.3 Å². The number of ether oxygens (including phenoxy) is 2. The van der Waals surface area contributed by atoms with Gasteiger partial charge in [0.1, 0.15) is 17.0 Å². The number of hydrogen-bond donors (Lipinski definition) is 1. The van der Waals surface area contributed by atoms with E-state index in [0.717, 1.165) is 16.6 Å². The highest BCUT2D eigenvalue weighted by molar-refractivity contribution is 5.89. The predicted molar refractivity (Wildman–Crippen MR) is 146 cm³/mol. The summed E-state index contributed by atoms with van der Waals surface area (Å²) in [5.74, 6) is 0.708. The molecule has 1 fully saturated rings. The fraction of sp³-hybridized carbons (Fsp3) is 0.519. The number of nitrogens with two attached hydrogens (primary N) is 1. The second-order valence-electron chi connectivity index (χ2n) is 11.6. The molecule has 0 bridgehead atoms. The molecule has 1 aliphatic rings. The Labute approximate surface area is 222 Å². The average Bonchev–Trinajstić information content (AvgIpc) is 3.14. The van der Waals surface area contributed by atoms with E-state index in [-0.39, 0.29) is 18.1 Å². The monoisotopic (exact) mass is 523 g/mol. The van der Waals surface area contributed by atoms with Crippen LogP contribution in [-0.4, -0.2) is 67.2 Å². The molecule has 11 nitrogen and oxygen atoms in total. The Bertz CT molecular complexity index is 1330. The van der Waals surface area contributed by atoms with Crippen LogP contribution >= 0.6 is 0 Å². The Morgan fingerprint density at radius 3 is 2.26 bits per heavy atom. The molecule has 0 saturated carbocycles. The molecule has 4 rings (SSSR count). The summed E-state index contributed by atoms with van der Waals surface area (Å²) in [4.78, 5) is 38.4. The molecule has 1 saturated heterocycles. The highest BCUT2D eigenvalue weighted by Gasteiger charge is 2.36. The maximum atomic E-state index is 13.4. The molecule has 2 aromatic heterocycles. The molecular weight excluding hydrogens is 486 g/mol. The van der Waals surface area contributed by atoms with Crippen molar-refractivity contribution in [1.29, 1.82) is 0 Å². The molecule has 204 valence electrons. The maximum absolute atomic E-state index is 13.4. The van der Waals surface area contributed by atoms with Gasteiger partial charge in [0.15, 0.2) is 0 Å². The largest absolute Gasteiger partial charge is 0.444 e. The van der Waals surface area contributed by atoms with Gasteiger partial charge >= 0.3 is 12.2 Å². The van der Waals surface area contributed by atoms with Crippen LogP contribution in [0.3, 0.4) is 0 Å². The quantitative estimate of drug-likeness (QED) is 0.521. The van der Waals surface area contributed by atoms with Crippen LogP contribution in [0, 0.1) is 0 Å². The average molecular weight is 524 g/mol. The van der Waals surface area contributed by atoms with Crippen molar-refractivity contribution in [3.05, 3.63) is 30.5 Å². The molecule has 38 heavy (non-hydrogen) atoms. The van der Waals surface area contributed by atoms with Crippen LogP contribution in [0.15, 0.2) is 30.5 Å². The number of aryl methyl sites for hydroxylation is 1. The van der Waals surface area contributed by atoms with Crippen molar-refractivity contribution >= 4 is 34.9 Å². The number of carbonyl (C=O) groups excluding carboxylic acids is 2. The number of hydrogen-bond acceptors (Lipinski definition) is 8. The minimum atomic E-state index is -0.691. The zero-order valence-electron chi connectivity index (χ0n) is 23.2. The van der Waals surface area contributed by atoms with E-state index in [1.165, 1.54) is 4.90 Å². The van der Waals surface area contributed by atoms with E-state index in [9.17, 15) is 9.59 Å². The molecule has 0 aliphatic carbocycles. The van der Waals surface area contributed by atoms with Gasteiger partial charge in [-0.3, -0.25) is 4.68 Å². The number of carbonyl (C=O) groups is 2. The highest BCUT2D eigenvalue weighted by Crippen LogP contribution is 2.28. The number of fused-ring (bicyclic) bond motifs is 1. The molecule has 1 aliphatic heterocycles. The van der Waals surface area contributed by atoms with Crippen LogP contribution in [-0.2, 0) is 16.5 Å². The SMILES string of the molecule is Cn1nc(N)cc1-c1ccc2nc(N(C(=O)OC(C)(C)C)C3CCN(C(=O)OC(C)(C)C)CC3)ncc2c1. The van der Waals surface area contributed by atoms with Gasteiger partial charge in [0.2, 0.25) is 5.95 Å². The summed E-state index contributed by atoms with van der Waals surface area (Å²) in [7, 11) is 1.84. The molecular formula is C27H37N7O4. The summed E-state index contributed by atoms with van der Waals surface area (Å²) in [6.45, 7) is 11.9. The summed E-state index contributed by atoms with van der Waals surface area (Å²) in [5, 5.41) is 5.03. The number of rotatable bonds is 3. The van der Waals surface area contributed by atoms with Gasteiger partial charge in [0.25, 0.3) is 0 Å². The van der Waals surface area contributed by atoms with Crippen molar-refractivity contribution in [3.63, 3.8) is 0 Å². The van der Waals surface area contributed by atoms with Gasteiger partial charge in [-0.2, -0.15) is 5.10 Å². The van der Waals surface area contributed by atoms with Gasteiger partial charge in [-0.1, -0.05) is 6.07 Å². The van der Waals surface area contributed by atoms with Crippen molar-refractivity contribution in [1.82, 2.24) is 24.6 Å². The van der Waals surface area contributed by atoms with Crippen LogP contribution in [0.2, 0.25) is 0 Å². The highest BCUT2D eigenvalue weighted by atomic mass is 16.6. The van der Waals surface area contributed by atoms with E-state index >= 15 is 0 Å². The van der Waals surface area contributed by atoms with Crippen LogP contribution in [0.25, 0.3) is 22.2 Å². The lowest BCUT2D eigenvalue weighted by atomic mass is 10.0. The molecule has 0 atom stereocenters. The first-order chi connectivity index (χ1) is 17.7. The summed E-state index contributed by atoms with van der Waals surface area (Å²) in [5.41, 5.74) is 7.07. The third kappa shape index (κ3) is 6.32. The lowest BCUT2D eigenvalue weighted by Crippen LogP contribution is -2.51. The van der Waals surface area contributed by atoms with Gasteiger partial charge in [-0.15, -0.1) is 0 Å². The molecule has 3 heterocycles. The van der Waals surface area contributed by atoms with E-state index in [4.69, 9.17) is 20.2 Å². The number of likely N-dealkylation sites (tertiary alicyclic amines) is 1. The predicted octanol–water partition coefficient (Wildman–Crippen LogP) is 4.75. The first kappa shape index (κ1) is 27.2. The maximum Gasteiger partial charge on any atom is 0.417 e. The zero-order valence-corrected chi connectivity index (χ0v) is 23.2. The Balaban J connectivity index is 1.60. The minimum absolute atomic E-state index is 0.238. The summed E-state index contributed by atoms with van der Waals surface area (Å²) >= 11 is 0. The minimum Gasteiger partial charge on any atom is -0.444 e. The van der Waals surface area contributed by atoms with Gasteiger partial charge in [-0.25, -0.2) is 24.5 Å². The summed E-state index contributed by atoms with van der Waals surface area (Å²) in [6, 6.07) is 7.36. The molecule has 3 aromatic rings. The zero-order chi connectivity index (χ0) is 27.8. The van der Waals surface area contributed by atoms with Crippen LogP contribution < -0.4 is 10.6 Å². The number of nitrogen functional groups attached to an aromatic ring is 1. The van der Waals surface area contributed by atoms with E-state index in [0.29, 0.717) is 37.3 Å². The Kier molecular flexibility index (Phi) is 7.22. The molecule has 0 radical (unpaired) electrons. The van der Waals surface area contributed by atoms with Gasteiger partial charge in [0.05, 0.1) is 11.2 Å². The Morgan fingerprint density at radius 1 is 1.03 bits per heavy atom. The molecule has 0 spiro atoms. The van der Waals surface area contributed by atoms with Crippen molar-refractivity contribution in [3.8, 4) is 11.3 Å². The Morgan fingerprint density at radius 2 is 1.68 bits per heavy atom. The second kappa shape index (κ2) is 10.1. The van der Waals surface area contributed by atoms with Crippen LogP contribution in [0.5, 0.6) is 0 Å². The number of benzene rings is 1. The molecule has 2 amide bonds. The third-order valence-corrected chi connectivity index (χ3v) is 6.05. The first-order valence-electron chi connectivity index (χ1n) is 12.8. The molecule has 1 aromatic carbocycles. The molecule has 2 N–H and O–H groups in total. The normalized spacial score (nSPS) is 15.0. The summed E-state index contributed by atoms with van der Waals surface area (Å²) < 4.78 is 13.0. The lowest BCUT2D eigenvalue weighted by molar-refractivity contribution is 0.0200. The fourth-order valence-corrected chi connectivity index (χ4v) is 4.40. The van der Waals surface area contributed by atoms with Crippen molar-refractivity contribution in [2.75, 3.05) is 23.7 Å². The van der Waals surface area contributed by atoms with E-state index in [1.54, 1.807) is 15.8 Å². The number of aromatic nitrogens is 4. The van der Waals surface area contributed by atoms with Crippen LogP contribution in [0.1, 0.15) is 54.4 Å². The van der Waals surface area contributed by atoms with Crippen LogP contribution in [0.4, 0.5) is 21.4 Å². The van der Waals surface area contributed by atoms with E-state index in [2.05, 4.69) is 10.1 Å². The number of anilines is 2. The first-order valence-corrected chi connectivity index (χ1v) is 12.8. The number of amides is 2. The lowest BCUT2D eigenvalue weighted by Gasteiger charge is -2.38. The summed E-state index contributed by atoms with van der Waals surface area (Å²) in [6.07, 6.45) is 1.91. The second-order valence-corrected chi connectivity index (χ2v) is 11.6. The number of piperidine rings is 1. The van der Waals surface area contributed by atoms with E-state index in [1.807, 2.05) is 72.9 Å².